The lowest BCUT2D eigenvalue weighted by Crippen LogP contribution is -2.38. The second-order valence-electron chi connectivity index (χ2n) is 4.12. The topological polar surface area (TPSA) is 41.1 Å². The van der Waals surface area contributed by atoms with Crippen molar-refractivity contribution in [3.63, 3.8) is 0 Å². The first kappa shape index (κ1) is 13.5. The van der Waals surface area contributed by atoms with Gasteiger partial charge in [0.05, 0.1) is 0 Å². The molecule has 0 fully saturated rings. The summed E-state index contributed by atoms with van der Waals surface area (Å²) in [6, 6.07) is 4.14. The second-order valence-corrected chi connectivity index (χ2v) is 4.12. The summed E-state index contributed by atoms with van der Waals surface area (Å²) in [5, 5.41) is 5.88. The van der Waals surface area contributed by atoms with Crippen molar-refractivity contribution in [2.75, 3.05) is 11.9 Å². The third-order valence-corrected chi connectivity index (χ3v) is 2.50. The minimum atomic E-state index is -0.328. The van der Waals surface area contributed by atoms with Gasteiger partial charge in [-0.25, -0.2) is 4.39 Å². The molecule has 0 bridgehead atoms. The molecule has 1 aromatic rings. The summed E-state index contributed by atoms with van der Waals surface area (Å²) in [5.74, 6) is -0.313. The van der Waals surface area contributed by atoms with E-state index in [0.29, 0.717) is 6.54 Å². The van der Waals surface area contributed by atoms with Crippen molar-refractivity contribution in [2.45, 2.75) is 33.2 Å². The van der Waals surface area contributed by atoms with Gasteiger partial charge in [0, 0.05) is 12.2 Å². The van der Waals surface area contributed by atoms with Crippen molar-refractivity contribution in [2.24, 2.45) is 0 Å². The van der Waals surface area contributed by atoms with Crippen LogP contribution in [0.4, 0.5) is 10.1 Å². The van der Waals surface area contributed by atoms with Gasteiger partial charge in [0.15, 0.2) is 0 Å². The number of carbonyl (C=O) groups excluding carboxylic acids is 1. The molecule has 94 valence electrons. The van der Waals surface area contributed by atoms with E-state index in [1.165, 1.54) is 12.1 Å². The maximum atomic E-state index is 12.9. The van der Waals surface area contributed by atoms with E-state index in [9.17, 15) is 9.18 Å². The van der Waals surface area contributed by atoms with E-state index in [2.05, 4.69) is 10.6 Å². The fraction of sp³-hybridized carbons (Fsp3) is 0.462. The number of benzene rings is 1. The summed E-state index contributed by atoms with van der Waals surface area (Å²) in [6.45, 7) is 6.27. The second kappa shape index (κ2) is 6.23. The Bertz CT molecular complexity index is 393. The number of aryl methyl sites for hydroxylation is 1. The molecular weight excluding hydrogens is 219 g/mol. The highest BCUT2D eigenvalue weighted by Crippen LogP contribution is 2.16. The first-order valence-corrected chi connectivity index (χ1v) is 5.85. The Balaban J connectivity index is 2.61. The zero-order valence-corrected chi connectivity index (χ0v) is 10.5. The number of hydrogen-bond donors (Lipinski definition) is 2. The molecule has 1 amide bonds. The molecule has 1 atom stereocenters. The van der Waals surface area contributed by atoms with Crippen molar-refractivity contribution < 1.29 is 9.18 Å². The molecule has 0 radical (unpaired) electrons. The molecule has 0 aromatic heterocycles. The Morgan fingerprint density at radius 2 is 2.18 bits per heavy atom. The van der Waals surface area contributed by atoms with Gasteiger partial charge in [0.1, 0.15) is 11.9 Å². The molecule has 17 heavy (non-hydrogen) atoms. The zero-order valence-electron chi connectivity index (χ0n) is 10.5. The molecule has 0 heterocycles. The number of amides is 1. The lowest BCUT2D eigenvalue weighted by atomic mass is 10.1. The Kier molecular flexibility index (Phi) is 4.94. The average molecular weight is 238 g/mol. The molecular formula is C13H19FN2O. The van der Waals surface area contributed by atoms with E-state index in [1.54, 1.807) is 13.0 Å². The summed E-state index contributed by atoms with van der Waals surface area (Å²) < 4.78 is 12.9. The number of carbonyl (C=O) groups is 1. The maximum absolute atomic E-state index is 12.9. The van der Waals surface area contributed by atoms with Crippen LogP contribution in [0.2, 0.25) is 0 Å². The normalized spacial score (nSPS) is 12.0. The first-order valence-electron chi connectivity index (χ1n) is 5.85. The van der Waals surface area contributed by atoms with Crippen LogP contribution in [-0.2, 0) is 4.79 Å². The molecule has 0 aliphatic carbocycles. The van der Waals surface area contributed by atoms with Crippen LogP contribution >= 0.6 is 0 Å². The van der Waals surface area contributed by atoms with E-state index >= 15 is 0 Å². The van der Waals surface area contributed by atoms with Crippen LogP contribution < -0.4 is 10.6 Å². The number of anilines is 1. The van der Waals surface area contributed by atoms with Crippen molar-refractivity contribution in [3.8, 4) is 0 Å². The molecule has 1 rings (SSSR count). The monoisotopic (exact) mass is 238 g/mol. The Morgan fingerprint density at radius 1 is 1.47 bits per heavy atom. The zero-order chi connectivity index (χ0) is 12.8. The minimum absolute atomic E-state index is 0.0458. The van der Waals surface area contributed by atoms with Gasteiger partial charge in [-0.05, 0) is 44.0 Å². The van der Waals surface area contributed by atoms with Crippen LogP contribution in [0.1, 0.15) is 25.8 Å². The standard InChI is InChI=1S/C13H19FN2O/c1-4-7-15-13(17)10(3)16-12-6-5-11(14)8-9(12)2/h5-6,8,10,16H,4,7H2,1-3H3,(H,15,17). The Hall–Kier alpha value is -1.58. The number of halogens is 1. The number of nitrogens with one attached hydrogen (secondary N) is 2. The van der Waals surface area contributed by atoms with E-state index in [-0.39, 0.29) is 17.8 Å². The van der Waals surface area contributed by atoms with Gasteiger partial charge in [0.25, 0.3) is 0 Å². The van der Waals surface area contributed by atoms with Crippen molar-refractivity contribution in [3.05, 3.63) is 29.6 Å². The minimum Gasteiger partial charge on any atom is -0.374 e. The van der Waals surface area contributed by atoms with Gasteiger partial charge < -0.3 is 10.6 Å². The highest BCUT2D eigenvalue weighted by atomic mass is 19.1. The third kappa shape index (κ3) is 4.06. The predicted octanol–water partition coefficient (Wildman–Crippen LogP) is 2.46. The van der Waals surface area contributed by atoms with E-state index < -0.39 is 0 Å². The van der Waals surface area contributed by atoms with E-state index in [0.717, 1.165) is 17.7 Å². The number of hydrogen-bond acceptors (Lipinski definition) is 2. The molecule has 2 N–H and O–H groups in total. The molecule has 0 saturated heterocycles. The van der Waals surface area contributed by atoms with Gasteiger partial charge in [-0.3, -0.25) is 4.79 Å². The molecule has 0 saturated carbocycles. The summed E-state index contributed by atoms with van der Waals surface area (Å²) in [5.41, 5.74) is 1.57. The fourth-order valence-corrected chi connectivity index (χ4v) is 1.49. The Labute approximate surface area is 101 Å². The fourth-order valence-electron chi connectivity index (χ4n) is 1.49. The molecule has 1 unspecified atom stereocenters. The summed E-state index contributed by atoms with van der Waals surface area (Å²) in [6.07, 6.45) is 0.911. The molecule has 0 aliphatic heterocycles. The molecule has 0 spiro atoms. The number of rotatable bonds is 5. The largest absolute Gasteiger partial charge is 0.374 e. The SMILES string of the molecule is CCCNC(=O)C(C)Nc1ccc(F)cc1C. The van der Waals surface area contributed by atoms with E-state index in [4.69, 9.17) is 0 Å². The summed E-state index contributed by atoms with van der Waals surface area (Å²) in [7, 11) is 0. The van der Waals surface area contributed by atoms with Crippen LogP contribution in [0.3, 0.4) is 0 Å². The first-order chi connectivity index (χ1) is 8.04. The Morgan fingerprint density at radius 3 is 2.76 bits per heavy atom. The van der Waals surface area contributed by atoms with Crippen molar-refractivity contribution in [1.82, 2.24) is 5.32 Å². The summed E-state index contributed by atoms with van der Waals surface area (Å²) >= 11 is 0. The van der Waals surface area contributed by atoms with Gasteiger partial charge >= 0.3 is 0 Å². The lowest BCUT2D eigenvalue weighted by molar-refractivity contribution is -0.121. The van der Waals surface area contributed by atoms with Crippen LogP contribution in [0.15, 0.2) is 18.2 Å². The highest BCUT2D eigenvalue weighted by molar-refractivity contribution is 5.84. The highest BCUT2D eigenvalue weighted by Gasteiger charge is 2.12. The van der Waals surface area contributed by atoms with Crippen LogP contribution in [0, 0.1) is 12.7 Å². The molecule has 4 heteroatoms. The van der Waals surface area contributed by atoms with Crippen LogP contribution in [0.5, 0.6) is 0 Å². The van der Waals surface area contributed by atoms with Crippen molar-refractivity contribution >= 4 is 11.6 Å². The van der Waals surface area contributed by atoms with Gasteiger partial charge in [-0.1, -0.05) is 6.92 Å². The van der Waals surface area contributed by atoms with Gasteiger partial charge in [-0.15, -0.1) is 0 Å². The third-order valence-electron chi connectivity index (χ3n) is 2.50. The lowest BCUT2D eigenvalue weighted by Gasteiger charge is -2.16. The van der Waals surface area contributed by atoms with Gasteiger partial charge in [-0.2, -0.15) is 0 Å². The van der Waals surface area contributed by atoms with Crippen LogP contribution in [0.25, 0.3) is 0 Å². The van der Waals surface area contributed by atoms with Crippen molar-refractivity contribution in [1.29, 1.82) is 0 Å². The molecule has 0 aliphatic rings. The van der Waals surface area contributed by atoms with Gasteiger partial charge in [0.2, 0.25) is 5.91 Å². The van der Waals surface area contributed by atoms with Crippen LogP contribution in [-0.4, -0.2) is 18.5 Å². The molecule has 3 nitrogen and oxygen atoms in total. The quantitative estimate of drug-likeness (QED) is 0.827. The molecule has 1 aromatic carbocycles. The predicted molar refractivity (Wildman–Crippen MR) is 67.5 cm³/mol. The smallest absolute Gasteiger partial charge is 0.242 e. The maximum Gasteiger partial charge on any atom is 0.242 e. The average Bonchev–Trinajstić information content (AvgIpc) is 2.29. The van der Waals surface area contributed by atoms with E-state index in [1.807, 2.05) is 13.8 Å². The summed E-state index contributed by atoms with van der Waals surface area (Å²) in [4.78, 5) is 11.6.